The molecule has 0 fully saturated rings. The highest BCUT2D eigenvalue weighted by atomic mass is 32.2. The van der Waals surface area contributed by atoms with Gasteiger partial charge in [0.2, 0.25) is 10.0 Å². The smallest absolute Gasteiger partial charge is 0.242 e. The molecule has 0 amide bonds. The summed E-state index contributed by atoms with van der Waals surface area (Å²) in [7, 11) is 5.40. The molecule has 1 N–H and O–H groups in total. The molecule has 7 nitrogen and oxygen atoms in total. The number of nitrogens with one attached hydrogen (secondary N) is 1. The third-order valence-corrected chi connectivity index (χ3v) is 6.01. The minimum absolute atomic E-state index is 0.288. The molecular weight excluding hydrogens is 350 g/mol. The maximum absolute atomic E-state index is 12.1. The summed E-state index contributed by atoms with van der Waals surface area (Å²) in [5.41, 5.74) is 2.17. The van der Waals surface area contributed by atoms with Crippen LogP contribution in [0.2, 0.25) is 0 Å². The number of aryl methyl sites for hydroxylation is 1. The number of benzene rings is 1. The lowest BCUT2D eigenvalue weighted by Gasteiger charge is -2.22. The van der Waals surface area contributed by atoms with Gasteiger partial charge in [0.25, 0.3) is 0 Å². The van der Waals surface area contributed by atoms with E-state index in [1.807, 2.05) is 43.4 Å². The summed E-state index contributed by atoms with van der Waals surface area (Å²) < 4.78 is 27.5. The van der Waals surface area contributed by atoms with Crippen molar-refractivity contribution >= 4 is 16.0 Å². The minimum Gasteiger partial charge on any atom is -0.353 e. The Balaban J connectivity index is 1.99. The Morgan fingerprint density at radius 2 is 1.81 bits per heavy atom. The number of aromatic nitrogens is 1. The normalized spacial score (nSPS) is 12.5. The van der Waals surface area contributed by atoms with E-state index < -0.39 is 10.0 Å². The van der Waals surface area contributed by atoms with Crippen molar-refractivity contribution in [1.29, 1.82) is 0 Å². The molecule has 0 saturated heterocycles. The SMILES string of the molecule is CN=C(NCc1ccc(S(=O)(=O)N(C)C)cc1)N(C)Cc1cccn1C. The molecular formula is C18H27N5O2S. The third-order valence-electron chi connectivity index (χ3n) is 4.18. The van der Waals surface area contributed by atoms with Gasteiger partial charge in [-0.05, 0) is 29.8 Å². The quantitative estimate of drug-likeness (QED) is 0.612. The molecule has 0 saturated carbocycles. The van der Waals surface area contributed by atoms with Crippen molar-refractivity contribution in [2.45, 2.75) is 18.0 Å². The topological polar surface area (TPSA) is 69.9 Å². The number of aliphatic imine (C=N–C) groups is 1. The molecule has 0 aliphatic heterocycles. The van der Waals surface area contributed by atoms with Gasteiger partial charge in [0.05, 0.1) is 11.4 Å². The Labute approximate surface area is 156 Å². The molecule has 0 unspecified atom stereocenters. The molecule has 142 valence electrons. The molecule has 0 bridgehead atoms. The highest BCUT2D eigenvalue weighted by Crippen LogP contribution is 2.14. The van der Waals surface area contributed by atoms with Crippen LogP contribution in [0.5, 0.6) is 0 Å². The Kier molecular flexibility index (Phi) is 6.44. The van der Waals surface area contributed by atoms with Gasteiger partial charge >= 0.3 is 0 Å². The molecule has 2 rings (SSSR count). The molecule has 0 aliphatic carbocycles. The van der Waals surface area contributed by atoms with E-state index >= 15 is 0 Å². The van der Waals surface area contributed by atoms with Crippen LogP contribution in [0, 0.1) is 0 Å². The Morgan fingerprint density at radius 3 is 2.31 bits per heavy atom. The summed E-state index contributed by atoms with van der Waals surface area (Å²) in [6, 6.07) is 11.0. The van der Waals surface area contributed by atoms with Crippen molar-refractivity contribution in [1.82, 2.24) is 19.1 Å². The molecule has 8 heteroatoms. The second-order valence-electron chi connectivity index (χ2n) is 6.30. The number of hydrogen-bond donors (Lipinski definition) is 1. The van der Waals surface area contributed by atoms with Gasteiger partial charge in [-0.15, -0.1) is 0 Å². The molecule has 0 aliphatic rings. The zero-order valence-electron chi connectivity index (χ0n) is 16.0. The van der Waals surface area contributed by atoms with Crippen LogP contribution in [0.25, 0.3) is 0 Å². The molecule has 26 heavy (non-hydrogen) atoms. The van der Waals surface area contributed by atoms with E-state index in [-0.39, 0.29) is 4.90 Å². The van der Waals surface area contributed by atoms with Crippen LogP contribution in [-0.4, -0.2) is 56.3 Å². The maximum atomic E-state index is 12.1. The van der Waals surface area contributed by atoms with E-state index in [0.29, 0.717) is 6.54 Å². The lowest BCUT2D eigenvalue weighted by molar-refractivity contribution is 0.461. The summed E-state index contributed by atoms with van der Waals surface area (Å²) in [5, 5.41) is 3.31. The molecule has 0 radical (unpaired) electrons. The molecule has 2 aromatic rings. The molecule has 0 atom stereocenters. The highest BCUT2D eigenvalue weighted by molar-refractivity contribution is 7.89. The van der Waals surface area contributed by atoms with Crippen molar-refractivity contribution in [3.63, 3.8) is 0 Å². The van der Waals surface area contributed by atoms with E-state index in [0.717, 1.165) is 18.1 Å². The second kappa shape index (κ2) is 8.37. The lowest BCUT2D eigenvalue weighted by atomic mass is 10.2. The van der Waals surface area contributed by atoms with Crippen LogP contribution in [0.3, 0.4) is 0 Å². The van der Waals surface area contributed by atoms with Crippen molar-refractivity contribution in [2.75, 3.05) is 28.2 Å². The predicted octanol–water partition coefficient (Wildman–Crippen LogP) is 1.48. The number of guanidine groups is 1. The van der Waals surface area contributed by atoms with Crippen molar-refractivity contribution in [2.24, 2.45) is 12.0 Å². The second-order valence-corrected chi connectivity index (χ2v) is 8.45. The summed E-state index contributed by atoms with van der Waals surface area (Å²) in [4.78, 5) is 6.64. The van der Waals surface area contributed by atoms with E-state index in [4.69, 9.17) is 0 Å². The maximum Gasteiger partial charge on any atom is 0.242 e. The zero-order valence-corrected chi connectivity index (χ0v) is 16.8. The van der Waals surface area contributed by atoms with Crippen LogP contribution in [0.1, 0.15) is 11.3 Å². The van der Waals surface area contributed by atoms with E-state index in [1.54, 1.807) is 19.2 Å². The molecule has 1 aromatic carbocycles. The summed E-state index contributed by atoms with van der Waals surface area (Å²) >= 11 is 0. The first kappa shape index (κ1) is 20.0. The summed E-state index contributed by atoms with van der Waals surface area (Å²) in [6.07, 6.45) is 2.02. The average Bonchev–Trinajstić information content (AvgIpc) is 3.00. The fourth-order valence-electron chi connectivity index (χ4n) is 2.53. The Morgan fingerprint density at radius 1 is 1.15 bits per heavy atom. The first-order chi connectivity index (χ1) is 12.3. The number of hydrogen-bond acceptors (Lipinski definition) is 3. The number of nitrogens with zero attached hydrogens (tertiary/aromatic N) is 4. The van der Waals surface area contributed by atoms with E-state index in [2.05, 4.69) is 20.9 Å². The fourth-order valence-corrected chi connectivity index (χ4v) is 3.44. The predicted molar refractivity (Wildman–Crippen MR) is 104 cm³/mol. The molecule has 1 aromatic heterocycles. The van der Waals surface area contributed by atoms with Crippen LogP contribution in [0.4, 0.5) is 0 Å². The van der Waals surface area contributed by atoms with Gasteiger partial charge in [-0.3, -0.25) is 4.99 Å². The summed E-state index contributed by atoms with van der Waals surface area (Å²) in [6.45, 7) is 1.30. The van der Waals surface area contributed by atoms with Crippen LogP contribution in [-0.2, 0) is 30.2 Å². The highest BCUT2D eigenvalue weighted by Gasteiger charge is 2.16. The first-order valence-corrected chi connectivity index (χ1v) is 9.73. The van der Waals surface area contributed by atoms with E-state index in [9.17, 15) is 8.42 Å². The largest absolute Gasteiger partial charge is 0.353 e. The van der Waals surface area contributed by atoms with Crippen LogP contribution >= 0.6 is 0 Å². The van der Waals surface area contributed by atoms with Gasteiger partial charge in [0.15, 0.2) is 5.96 Å². The van der Waals surface area contributed by atoms with Gasteiger partial charge in [0.1, 0.15) is 0 Å². The minimum atomic E-state index is -3.40. The van der Waals surface area contributed by atoms with E-state index in [1.165, 1.54) is 24.1 Å². The third kappa shape index (κ3) is 4.64. The van der Waals surface area contributed by atoms with Gasteiger partial charge in [-0.2, -0.15) is 0 Å². The van der Waals surface area contributed by atoms with Crippen molar-refractivity contribution < 1.29 is 8.42 Å². The van der Waals surface area contributed by atoms with Crippen molar-refractivity contribution in [3.8, 4) is 0 Å². The fraction of sp³-hybridized carbons (Fsp3) is 0.389. The number of rotatable bonds is 6. The monoisotopic (exact) mass is 377 g/mol. The average molecular weight is 378 g/mol. The molecule has 0 spiro atoms. The first-order valence-electron chi connectivity index (χ1n) is 8.29. The van der Waals surface area contributed by atoms with Crippen LogP contribution < -0.4 is 5.32 Å². The zero-order chi connectivity index (χ0) is 19.3. The Bertz CT molecular complexity index is 854. The number of sulfonamides is 1. The van der Waals surface area contributed by atoms with Crippen LogP contribution in [0.15, 0.2) is 52.5 Å². The summed E-state index contributed by atoms with van der Waals surface area (Å²) in [5.74, 6) is 0.774. The van der Waals surface area contributed by atoms with Gasteiger partial charge in [-0.1, -0.05) is 12.1 Å². The lowest BCUT2D eigenvalue weighted by Crippen LogP contribution is -2.38. The van der Waals surface area contributed by atoms with Gasteiger partial charge in [-0.25, -0.2) is 12.7 Å². The van der Waals surface area contributed by atoms with Gasteiger partial charge < -0.3 is 14.8 Å². The Hall–Kier alpha value is -2.32. The van der Waals surface area contributed by atoms with Crippen molar-refractivity contribution in [3.05, 3.63) is 53.9 Å². The standard InChI is InChI=1S/C18H27N5O2S/c1-19-18(23(5)14-16-7-6-12-22(16)4)20-13-15-8-10-17(11-9-15)26(24,25)21(2)3/h6-12H,13-14H2,1-5H3,(H,19,20). The van der Waals surface area contributed by atoms with Gasteiger partial charge in [0, 0.05) is 53.7 Å². The molecule has 1 heterocycles.